The molecule has 5 aromatic carbocycles. The third-order valence-corrected chi connectivity index (χ3v) is 5.33. The Balaban J connectivity index is 2.08. The molecule has 0 saturated carbocycles. The van der Waals surface area contributed by atoms with Gasteiger partial charge in [-0.3, -0.25) is 0 Å². The number of hydrogen-bond donors (Lipinski definition) is 4. The van der Waals surface area contributed by atoms with E-state index in [0.29, 0.717) is 22.7 Å². The van der Waals surface area contributed by atoms with Gasteiger partial charge in [-0.2, -0.15) is 0 Å². The smallest absolute Gasteiger partial charge is 0.0475 e. The first-order valence-electron chi connectivity index (χ1n) is 8.46. The van der Waals surface area contributed by atoms with Crippen LogP contribution in [0.4, 0.5) is 22.7 Å². The molecule has 5 rings (SSSR count). The van der Waals surface area contributed by atoms with Crippen LogP contribution in [-0.2, 0) is 0 Å². The Morgan fingerprint density at radius 1 is 0.346 bits per heavy atom. The van der Waals surface area contributed by atoms with Crippen LogP contribution in [0, 0.1) is 0 Å². The second kappa shape index (κ2) is 4.92. The quantitative estimate of drug-likeness (QED) is 0.188. The highest BCUT2D eigenvalue weighted by atomic mass is 14.6. The summed E-state index contributed by atoms with van der Waals surface area (Å²) < 4.78 is 0. The fourth-order valence-electron chi connectivity index (χ4n) is 3.98. The molecule has 5 aromatic rings. The third-order valence-electron chi connectivity index (χ3n) is 5.33. The zero-order valence-corrected chi connectivity index (χ0v) is 14.1. The van der Waals surface area contributed by atoms with Crippen molar-refractivity contribution in [2.75, 3.05) is 22.9 Å². The van der Waals surface area contributed by atoms with Crippen LogP contribution in [-0.4, -0.2) is 0 Å². The van der Waals surface area contributed by atoms with Gasteiger partial charge in [-0.15, -0.1) is 0 Å². The third kappa shape index (κ3) is 1.73. The molecular weight excluding hydrogens is 320 g/mol. The van der Waals surface area contributed by atoms with Crippen molar-refractivity contribution in [1.82, 2.24) is 0 Å². The standard InChI is InChI=1S/C22H18N4/c23-19-11-5-1-2-6-12(11)20(24)16-10-18-17(9-15(16)19)21(25)13-7-3-4-8-14(13)22(18)26/h1-10H,23-26H2. The summed E-state index contributed by atoms with van der Waals surface area (Å²) in [6.07, 6.45) is 0. The first kappa shape index (κ1) is 14.7. The molecule has 26 heavy (non-hydrogen) atoms. The van der Waals surface area contributed by atoms with Gasteiger partial charge in [0.1, 0.15) is 0 Å². The molecule has 0 aromatic heterocycles. The van der Waals surface area contributed by atoms with Crippen molar-refractivity contribution in [3.8, 4) is 0 Å². The van der Waals surface area contributed by atoms with E-state index in [2.05, 4.69) is 0 Å². The summed E-state index contributed by atoms with van der Waals surface area (Å²) in [5.74, 6) is 0. The zero-order valence-electron chi connectivity index (χ0n) is 14.1. The molecule has 4 nitrogen and oxygen atoms in total. The highest BCUT2D eigenvalue weighted by molar-refractivity contribution is 6.26. The molecular formula is C22H18N4. The number of nitrogen functional groups attached to an aromatic ring is 4. The molecule has 126 valence electrons. The summed E-state index contributed by atoms with van der Waals surface area (Å²) in [6.45, 7) is 0. The van der Waals surface area contributed by atoms with E-state index in [4.69, 9.17) is 22.9 Å². The number of fused-ring (bicyclic) bond motifs is 4. The van der Waals surface area contributed by atoms with E-state index in [9.17, 15) is 0 Å². The van der Waals surface area contributed by atoms with Gasteiger partial charge in [0.15, 0.2) is 0 Å². The normalized spacial score (nSPS) is 11.7. The molecule has 0 aliphatic rings. The van der Waals surface area contributed by atoms with Gasteiger partial charge in [0.05, 0.1) is 0 Å². The van der Waals surface area contributed by atoms with Crippen LogP contribution in [0.15, 0.2) is 60.7 Å². The van der Waals surface area contributed by atoms with E-state index in [1.165, 1.54) is 0 Å². The lowest BCUT2D eigenvalue weighted by molar-refractivity contribution is 1.74. The van der Waals surface area contributed by atoms with Crippen molar-refractivity contribution in [3.63, 3.8) is 0 Å². The Kier molecular flexibility index (Phi) is 2.78. The number of benzene rings is 5. The molecule has 0 saturated heterocycles. The lowest BCUT2D eigenvalue weighted by Gasteiger charge is -2.16. The molecule has 0 radical (unpaired) electrons. The Labute approximate surface area is 150 Å². The second-order valence-electron chi connectivity index (χ2n) is 6.69. The van der Waals surface area contributed by atoms with Crippen molar-refractivity contribution in [2.45, 2.75) is 0 Å². The van der Waals surface area contributed by atoms with Crippen LogP contribution in [0.25, 0.3) is 43.1 Å². The van der Waals surface area contributed by atoms with Gasteiger partial charge in [0.2, 0.25) is 0 Å². The SMILES string of the molecule is Nc1c2ccccc2c(N)c2cc3c(N)c4ccccc4c(N)c3cc12. The average Bonchev–Trinajstić information content (AvgIpc) is 2.69. The molecule has 0 spiro atoms. The minimum absolute atomic E-state index is 0.706. The number of anilines is 4. The summed E-state index contributed by atoms with van der Waals surface area (Å²) in [5, 5.41) is 7.39. The van der Waals surface area contributed by atoms with Crippen molar-refractivity contribution >= 4 is 65.8 Å². The summed E-state index contributed by atoms with van der Waals surface area (Å²) in [6, 6.07) is 19.8. The van der Waals surface area contributed by atoms with Crippen molar-refractivity contribution in [1.29, 1.82) is 0 Å². The molecule has 4 heteroatoms. The molecule has 0 aliphatic heterocycles. The lowest BCUT2D eigenvalue weighted by atomic mass is 9.92. The number of rotatable bonds is 0. The highest BCUT2D eigenvalue weighted by Gasteiger charge is 2.15. The van der Waals surface area contributed by atoms with E-state index in [-0.39, 0.29) is 0 Å². The van der Waals surface area contributed by atoms with Gasteiger partial charge in [0.25, 0.3) is 0 Å². The molecule has 0 heterocycles. The van der Waals surface area contributed by atoms with Crippen LogP contribution in [0.5, 0.6) is 0 Å². The zero-order chi connectivity index (χ0) is 18.0. The van der Waals surface area contributed by atoms with Gasteiger partial charge in [0, 0.05) is 65.8 Å². The van der Waals surface area contributed by atoms with Gasteiger partial charge in [-0.1, -0.05) is 48.5 Å². The van der Waals surface area contributed by atoms with Crippen molar-refractivity contribution in [3.05, 3.63) is 60.7 Å². The predicted molar refractivity (Wildman–Crippen MR) is 114 cm³/mol. The maximum Gasteiger partial charge on any atom is 0.0475 e. The summed E-state index contributed by atoms with van der Waals surface area (Å²) in [7, 11) is 0. The second-order valence-corrected chi connectivity index (χ2v) is 6.69. The maximum atomic E-state index is 6.49. The van der Waals surface area contributed by atoms with E-state index >= 15 is 0 Å². The molecule has 0 bridgehead atoms. The van der Waals surface area contributed by atoms with Crippen LogP contribution in [0.2, 0.25) is 0 Å². The molecule has 0 atom stereocenters. The van der Waals surface area contributed by atoms with E-state index in [1.807, 2.05) is 60.7 Å². The van der Waals surface area contributed by atoms with Gasteiger partial charge in [-0.05, 0) is 12.1 Å². The largest absolute Gasteiger partial charge is 0.398 e. The van der Waals surface area contributed by atoms with E-state index < -0.39 is 0 Å². The van der Waals surface area contributed by atoms with Crippen LogP contribution < -0.4 is 22.9 Å². The van der Waals surface area contributed by atoms with E-state index in [0.717, 1.165) is 43.1 Å². The maximum absolute atomic E-state index is 6.49. The number of hydrogen-bond acceptors (Lipinski definition) is 4. The summed E-state index contributed by atoms with van der Waals surface area (Å²) >= 11 is 0. The first-order valence-corrected chi connectivity index (χ1v) is 8.46. The Morgan fingerprint density at radius 2 is 0.577 bits per heavy atom. The lowest BCUT2D eigenvalue weighted by Crippen LogP contribution is -1.99. The first-order chi connectivity index (χ1) is 12.6. The topological polar surface area (TPSA) is 104 Å². The Hall–Kier alpha value is -3.66. The molecule has 0 unspecified atom stereocenters. The average molecular weight is 338 g/mol. The fourth-order valence-corrected chi connectivity index (χ4v) is 3.98. The highest BCUT2D eigenvalue weighted by Crippen LogP contribution is 2.43. The summed E-state index contributed by atoms with van der Waals surface area (Å²) in [4.78, 5) is 0. The monoisotopic (exact) mass is 338 g/mol. The van der Waals surface area contributed by atoms with Crippen molar-refractivity contribution < 1.29 is 0 Å². The van der Waals surface area contributed by atoms with E-state index in [1.54, 1.807) is 0 Å². The van der Waals surface area contributed by atoms with Crippen LogP contribution >= 0.6 is 0 Å². The summed E-state index contributed by atoms with van der Waals surface area (Å²) in [5.41, 5.74) is 28.8. The predicted octanol–water partition coefficient (Wildman–Crippen LogP) is 4.63. The van der Waals surface area contributed by atoms with Gasteiger partial charge >= 0.3 is 0 Å². The number of nitrogens with two attached hydrogens (primary N) is 4. The Bertz CT molecular complexity index is 1160. The fraction of sp³-hybridized carbons (Fsp3) is 0. The molecule has 8 N–H and O–H groups in total. The minimum Gasteiger partial charge on any atom is -0.398 e. The Morgan fingerprint density at radius 3 is 0.808 bits per heavy atom. The molecule has 0 fully saturated rings. The van der Waals surface area contributed by atoms with Gasteiger partial charge in [-0.25, -0.2) is 0 Å². The minimum atomic E-state index is 0.706. The van der Waals surface area contributed by atoms with Crippen LogP contribution in [0.3, 0.4) is 0 Å². The van der Waals surface area contributed by atoms with Gasteiger partial charge < -0.3 is 22.9 Å². The molecule has 0 amide bonds. The molecule has 0 aliphatic carbocycles. The van der Waals surface area contributed by atoms with Crippen LogP contribution in [0.1, 0.15) is 0 Å². The van der Waals surface area contributed by atoms with Crippen molar-refractivity contribution in [2.24, 2.45) is 0 Å².